The summed E-state index contributed by atoms with van der Waals surface area (Å²) < 4.78 is 75.4. The molecule has 3 aromatic carbocycles. The first-order chi connectivity index (χ1) is 13.2. The molecule has 0 heterocycles. The quantitative estimate of drug-likeness (QED) is 0.587. The van der Waals surface area contributed by atoms with E-state index in [1.54, 1.807) is 18.2 Å². The fraction of sp³-hybridized carbons (Fsp3) is 0.167. The predicted molar refractivity (Wildman–Crippen MR) is 108 cm³/mol. The highest BCUT2D eigenvalue weighted by Crippen LogP contribution is 2.41. The lowest BCUT2D eigenvalue weighted by Gasteiger charge is -2.19. The van der Waals surface area contributed by atoms with Crippen LogP contribution < -0.4 is 0 Å². The summed E-state index contributed by atoms with van der Waals surface area (Å²) >= 11 is 0. The molecule has 0 radical (unpaired) electrons. The van der Waals surface area contributed by atoms with Crippen molar-refractivity contribution in [2.24, 2.45) is 0 Å². The fourth-order valence-electron chi connectivity index (χ4n) is 3.45. The SMILES string of the molecule is CS(=O)(=O)c1c(S(C)(=O)=O)c(C(=O)O)c2c(ccc3ccccc32)c1S(C)(=O)=O. The van der Waals surface area contributed by atoms with Gasteiger partial charge in [-0.25, -0.2) is 30.0 Å². The van der Waals surface area contributed by atoms with Crippen molar-refractivity contribution in [1.29, 1.82) is 0 Å². The highest BCUT2D eigenvalue weighted by atomic mass is 32.2. The van der Waals surface area contributed by atoms with E-state index < -0.39 is 55.7 Å². The molecule has 0 aliphatic heterocycles. The summed E-state index contributed by atoms with van der Waals surface area (Å²) in [5, 5.41) is 10.4. The summed E-state index contributed by atoms with van der Waals surface area (Å²) in [6.07, 6.45) is 2.04. The molecular weight excluding hydrogens is 440 g/mol. The second kappa shape index (κ2) is 6.51. The Balaban J connectivity index is 2.98. The van der Waals surface area contributed by atoms with Crippen molar-refractivity contribution >= 4 is 57.0 Å². The van der Waals surface area contributed by atoms with Gasteiger partial charge < -0.3 is 5.11 Å². The molecule has 0 saturated carbocycles. The Morgan fingerprint density at radius 1 is 0.690 bits per heavy atom. The zero-order chi connectivity index (χ0) is 21.9. The van der Waals surface area contributed by atoms with Gasteiger partial charge in [0.2, 0.25) is 0 Å². The average Bonchev–Trinajstić information content (AvgIpc) is 2.56. The number of rotatable bonds is 4. The van der Waals surface area contributed by atoms with Crippen LogP contribution in [0.5, 0.6) is 0 Å². The zero-order valence-electron chi connectivity index (χ0n) is 15.5. The molecule has 0 spiro atoms. The van der Waals surface area contributed by atoms with E-state index in [0.29, 0.717) is 17.9 Å². The number of carboxylic acid groups (broad SMARTS) is 1. The van der Waals surface area contributed by atoms with Crippen LogP contribution in [-0.4, -0.2) is 55.1 Å². The third kappa shape index (κ3) is 3.49. The molecule has 0 aliphatic rings. The van der Waals surface area contributed by atoms with Crippen molar-refractivity contribution in [2.75, 3.05) is 18.8 Å². The van der Waals surface area contributed by atoms with Crippen LogP contribution in [0.1, 0.15) is 10.4 Å². The zero-order valence-corrected chi connectivity index (χ0v) is 17.9. The van der Waals surface area contributed by atoms with Gasteiger partial charge in [-0.1, -0.05) is 36.4 Å². The third-order valence-corrected chi connectivity index (χ3v) is 8.11. The molecule has 0 unspecified atom stereocenters. The number of sulfone groups is 3. The lowest BCUT2D eigenvalue weighted by atomic mass is 9.97. The number of aromatic carboxylic acids is 1. The Morgan fingerprint density at radius 2 is 1.21 bits per heavy atom. The minimum Gasteiger partial charge on any atom is -0.478 e. The van der Waals surface area contributed by atoms with Crippen molar-refractivity contribution in [3.8, 4) is 0 Å². The number of fused-ring (bicyclic) bond motifs is 3. The maximum Gasteiger partial charge on any atom is 0.337 e. The first-order valence-corrected chi connectivity index (χ1v) is 13.7. The number of hydrogen-bond acceptors (Lipinski definition) is 7. The molecular formula is C18H16O8S3. The van der Waals surface area contributed by atoms with Gasteiger partial charge in [-0.3, -0.25) is 0 Å². The Hall–Kier alpha value is -2.50. The maximum atomic E-state index is 12.6. The standard InChI is InChI=1S/C18H16O8S3/c1-27(21,22)15-12-9-8-10-6-4-5-7-11(10)13(12)14(18(19)20)16(28(2,23)24)17(15)29(3,25)26/h4-9H,1-3H3,(H,19,20). The van der Waals surface area contributed by atoms with Gasteiger partial charge in [-0.2, -0.15) is 0 Å². The van der Waals surface area contributed by atoms with E-state index in [1.807, 2.05) is 0 Å². The van der Waals surface area contributed by atoms with E-state index in [4.69, 9.17) is 0 Å². The molecule has 0 saturated heterocycles. The first kappa shape index (κ1) is 21.2. The molecule has 11 heteroatoms. The molecule has 8 nitrogen and oxygen atoms in total. The van der Waals surface area contributed by atoms with Gasteiger partial charge in [0.25, 0.3) is 0 Å². The van der Waals surface area contributed by atoms with Crippen LogP contribution in [0, 0.1) is 0 Å². The van der Waals surface area contributed by atoms with Crippen LogP contribution in [0.4, 0.5) is 0 Å². The predicted octanol–water partition coefficient (Wildman–Crippen LogP) is 1.90. The van der Waals surface area contributed by atoms with Crippen molar-refractivity contribution in [2.45, 2.75) is 14.7 Å². The van der Waals surface area contributed by atoms with Crippen LogP contribution in [0.25, 0.3) is 21.5 Å². The maximum absolute atomic E-state index is 12.6. The molecule has 0 amide bonds. The number of carbonyl (C=O) groups is 1. The van der Waals surface area contributed by atoms with Gasteiger partial charge in [0.05, 0.1) is 10.5 Å². The van der Waals surface area contributed by atoms with Crippen molar-refractivity contribution in [3.05, 3.63) is 42.0 Å². The van der Waals surface area contributed by atoms with Gasteiger partial charge in [-0.05, 0) is 10.8 Å². The molecule has 3 rings (SSSR count). The summed E-state index contributed by atoms with van der Waals surface area (Å²) in [5.41, 5.74) is -0.771. The van der Waals surface area contributed by atoms with E-state index in [1.165, 1.54) is 18.2 Å². The number of hydrogen-bond donors (Lipinski definition) is 1. The van der Waals surface area contributed by atoms with Crippen LogP contribution in [0.3, 0.4) is 0 Å². The van der Waals surface area contributed by atoms with Crippen LogP contribution in [0.2, 0.25) is 0 Å². The molecule has 0 aliphatic carbocycles. The Bertz CT molecular complexity index is 1530. The monoisotopic (exact) mass is 456 g/mol. The van der Waals surface area contributed by atoms with Crippen LogP contribution in [0.15, 0.2) is 51.1 Å². The summed E-state index contributed by atoms with van der Waals surface area (Å²) in [6, 6.07) is 9.23. The van der Waals surface area contributed by atoms with E-state index in [0.717, 1.165) is 6.26 Å². The largest absolute Gasteiger partial charge is 0.478 e. The van der Waals surface area contributed by atoms with Crippen molar-refractivity contribution < 1.29 is 35.2 Å². The van der Waals surface area contributed by atoms with Crippen LogP contribution in [-0.2, 0) is 29.5 Å². The van der Waals surface area contributed by atoms with E-state index in [2.05, 4.69) is 0 Å². The highest BCUT2D eigenvalue weighted by molar-refractivity contribution is 7.95. The van der Waals surface area contributed by atoms with E-state index in [9.17, 15) is 35.2 Å². The Morgan fingerprint density at radius 3 is 1.69 bits per heavy atom. The van der Waals surface area contributed by atoms with Gasteiger partial charge in [0.15, 0.2) is 29.5 Å². The molecule has 0 fully saturated rings. The van der Waals surface area contributed by atoms with Gasteiger partial charge >= 0.3 is 5.97 Å². The summed E-state index contributed by atoms with van der Waals surface area (Å²) in [4.78, 5) is 9.37. The number of benzene rings is 3. The molecule has 0 atom stereocenters. The summed E-state index contributed by atoms with van der Waals surface area (Å²) in [7, 11) is -13.2. The second-order valence-corrected chi connectivity index (χ2v) is 12.6. The minimum absolute atomic E-state index is 0.149. The summed E-state index contributed by atoms with van der Waals surface area (Å²) in [6.45, 7) is 0. The third-order valence-electron chi connectivity index (χ3n) is 4.39. The number of carboxylic acids is 1. The highest BCUT2D eigenvalue weighted by Gasteiger charge is 2.37. The van der Waals surface area contributed by atoms with Gasteiger partial charge in [-0.15, -0.1) is 0 Å². The van der Waals surface area contributed by atoms with E-state index in [-0.39, 0.29) is 16.2 Å². The normalized spacial score (nSPS) is 13.1. The minimum atomic E-state index is -4.46. The molecule has 3 aromatic rings. The molecule has 0 aromatic heterocycles. The lowest BCUT2D eigenvalue weighted by molar-refractivity contribution is 0.0694. The molecule has 1 N–H and O–H groups in total. The van der Waals surface area contributed by atoms with E-state index >= 15 is 0 Å². The Labute approximate surface area is 167 Å². The van der Waals surface area contributed by atoms with Crippen molar-refractivity contribution in [1.82, 2.24) is 0 Å². The van der Waals surface area contributed by atoms with Gasteiger partial charge in [0, 0.05) is 29.5 Å². The summed E-state index contributed by atoms with van der Waals surface area (Å²) in [5.74, 6) is -1.68. The topological polar surface area (TPSA) is 140 Å². The molecule has 154 valence electrons. The molecule has 0 bridgehead atoms. The average molecular weight is 457 g/mol. The van der Waals surface area contributed by atoms with Gasteiger partial charge in [0.1, 0.15) is 9.79 Å². The smallest absolute Gasteiger partial charge is 0.337 e. The fourth-order valence-corrected chi connectivity index (χ4v) is 8.22. The Kier molecular flexibility index (Phi) is 4.76. The lowest BCUT2D eigenvalue weighted by Crippen LogP contribution is -2.19. The molecule has 29 heavy (non-hydrogen) atoms. The van der Waals surface area contributed by atoms with Crippen LogP contribution >= 0.6 is 0 Å². The van der Waals surface area contributed by atoms with Crippen molar-refractivity contribution in [3.63, 3.8) is 0 Å². The first-order valence-electron chi connectivity index (χ1n) is 8.00. The second-order valence-electron chi connectivity index (χ2n) is 6.69.